The Bertz CT molecular complexity index is 553. The van der Waals surface area contributed by atoms with E-state index >= 15 is 0 Å². The smallest absolute Gasteiger partial charge is 0.214 e. The van der Waals surface area contributed by atoms with Gasteiger partial charge in [0.25, 0.3) is 0 Å². The van der Waals surface area contributed by atoms with E-state index in [1.165, 1.54) is 0 Å². The number of thiazole rings is 1. The van der Waals surface area contributed by atoms with Crippen LogP contribution in [0.4, 0.5) is 0 Å². The predicted molar refractivity (Wildman–Crippen MR) is 84.6 cm³/mol. The molecule has 0 N–H and O–H groups in total. The van der Waals surface area contributed by atoms with Gasteiger partial charge in [-0.2, -0.15) is 0 Å². The van der Waals surface area contributed by atoms with Crippen molar-refractivity contribution in [3.8, 4) is 5.88 Å². The van der Waals surface area contributed by atoms with Crippen LogP contribution >= 0.6 is 11.3 Å². The van der Waals surface area contributed by atoms with Gasteiger partial charge in [-0.05, 0) is 46.0 Å². The summed E-state index contributed by atoms with van der Waals surface area (Å²) in [5.41, 5.74) is 0.958. The van der Waals surface area contributed by atoms with Gasteiger partial charge < -0.3 is 9.64 Å². The summed E-state index contributed by atoms with van der Waals surface area (Å²) in [6.07, 6.45) is 2.29. The van der Waals surface area contributed by atoms with Crippen LogP contribution in [0.5, 0.6) is 5.88 Å². The molecule has 0 aliphatic heterocycles. The highest BCUT2D eigenvalue weighted by atomic mass is 32.1. The highest BCUT2D eigenvalue weighted by Gasteiger charge is 2.09. The average molecular weight is 293 g/mol. The Morgan fingerprint density at radius 1 is 1.30 bits per heavy atom. The normalized spacial score (nSPS) is 13.1. The van der Waals surface area contributed by atoms with Crippen molar-refractivity contribution in [2.45, 2.75) is 26.7 Å². The quantitative estimate of drug-likeness (QED) is 0.784. The molecule has 20 heavy (non-hydrogen) atoms. The SMILES string of the molecule is CCC(CCN(C)C)COc1ccc2nc(C)sc2n1. The molecule has 2 aromatic heterocycles. The summed E-state index contributed by atoms with van der Waals surface area (Å²) in [5, 5.41) is 1.04. The maximum atomic E-state index is 5.86. The number of fused-ring (bicyclic) bond motifs is 1. The highest BCUT2D eigenvalue weighted by molar-refractivity contribution is 7.18. The molecule has 0 radical (unpaired) electrons. The van der Waals surface area contributed by atoms with Crippen LogP contribution in [0, 0.1) is 12.8 Å². The Hall–Kier alpha value is -1.20. The van der Waals surface area contributed by atoms with Crippen LogP contribution in [0.2, 0.25) is 0 Å². The minimum Gasteiger partial charge on any atom is -0.477 e. The summed E-state index contributed by atoms with van der Waals surface area (Å²) in [5.74, 6) is 1.29. The van der Waals surface area contributed by atoms with Crippen molar-refractivity contribution < 1.29 is 4.74 Å². The van der Waals surface area contributed by atoms with E-state index in [2.05, 4.69) is 35.9 Å². The minimum atomic E-state index is 0.582. The molecule has 0 saturated heterocycles. The van der Waals surface area contributed by atoms with Crippen molar-refractivity contribution in [3.05, 3.63) is 17.1 Å². The van der Waals surface area contributed by atoms with Gasteiger partial charge in [0.2, 0.25) is 5.88 Å². The molecule has 0 amide bonds. The van der Waals surface area contributed by atoms with Gasteiger partial charge in [0.15, 0.2) is 0 Å². The second kappa shape index (κ2) is 6.99. The third-order valence-electron chi connectivity index (χ3n) is 3.37. The maximum Gasteiger partial charge on any atom is 0.214 e. The first-order valence-electron chi connectivity index (χ1n) is 7.10. The number of hydrogen-bond donors (Lipinski definition) is 0. The van der Waals surface area contributed by atoms with Crippen LogP contribution in [0.25, 0.3) is 10.3 Å². The number of hydrogen-bond acceptors (Lipinski definition) is 5. The van der Waals surface area contributed by atoms with Crippen LogP contribution in [0.3, 0.4) is 0 Å². The van der Waals surface area contributed by atoms with E-state index in [-0.39, 0.29) is 0 Å². The first-order valence-corrected chi connectivity index (χ1v) is 7.92. The van der Waals surface area contributed by atoms with Crippen LogP contribution in [0.15, 0.2) is 12.1 Å². The molecule has 1 unspecified atom stereocenters. The molecule has 0 aliphatic rings. The molecule has 1 atom stereocenters. The standard InChI is InChI=1S/C15H23N3OS/c1-5-12(8-9-18(3)4)10-19-14-7-6-13-15(17-14)20-11(2)16-13/h6-7,12H,5,8-10H2,1-4H3. The van der Waals surface area contributed by atoms with Crippen LogP contribution in [-0.2, 0) is 0 Å². The predicted octanol–water partition coefficient (Wildman–Crippen LogP) is 3.36. The molecule has 2 rings (SSSR count). The molecule has 110 valence electrons. The molecule has 0 aromatic carbocycles. The van der Waals surface area contributed by atoms with Crippen molar-refractivity contribution in [1.29, 1.82) is 0 Å². The molecule has 4 nitrogen and oxygen atoms in total. The van der Waals surface area contributed by atoms with Gasteiger partial charge in [-0.15, -0.1) is 0 Å². The second-order valence-corrected chi connectivity index (χ2v) is 6.57. The zero-order chi connectivity index (χ0) is 14.5. The van der Waals surface area contributed by atoms with E-state index in [0.717, 1.165) is 41.3 Å². The lowest BCUT2D eigenvalue weighted by molar-refractivity contribution is 0.216. The molecule has 0 spiro atoms. The average Bonchev–Trinajstić information content (AvgIpc) is 2.78. The van der Waals surface area contributed by atoms with Crippen LogP contribution in [0.1, 0.15) is 24.8 Å². The van der Waals surface area contributed by atoms with Crippen molar-refractivity contribution in [2.75, 3.05) is 27.2 Å². The van der Waals surface area contributed by atoms with Crippen LogP contribution in [-0.4, -0.2) is 42.1 Å². The zero-order valence-electron chi connectivity index (χ0n) is 12.7. The zero-order valence-corrected chi connectivity index (χ0v) is 13.5. The monoisotopic (exact) mass is 293 g/mol. The molecule has 0 saturated carbocycles. The van der Waals surface area contributed by atoms with Gasteiger partial charge in [-0.25, -0.2) is 9.97 Å². The summed E-state index contributed by atoms with van der Waals surface area (Å²) >= 11 is 1.61. The van der Waals surface area contributed by atoms with Gasteiger partial charge in [0.05, 0.1) is 11.6 Å². The van der Waals surface area contributed by atoms with Gasteiger partial charge >= 0.3 is 0 Å². The minimum absolute atomic E-state index is 0.582. The lowest BCUT2D eigenvalue weighted by atomic mass is 10.0. The Balaban J connectivity index is 1.93. The Labute approximate surface area is 124 Å². The molecular formula is C15H23N3OS. The van der Waals surface area contributed by atoms with E-state index in [1.807, 2.05) is 19.1 Å². The van der Waals surface area contributed by atoms with E-state index in [9.17, 15) is 0 Å². The molecule has 0 bridgehead atoms. The summed E-state index contributed by atoms with van der Waals surface area (Å²) in [6.45, 7) is 6.05. The van der Waals surface area contributed by atoms with Crippen molar-refractivity contribution in [1.82, 2.24) is 14.9 Å². The van der Waals surface area contributed by atoms with E-state index < -0.39 is 0 Å². The topological polar surface area (TPSA) is 38.2 Å². The number of nitrogens with zero attached hydrogens (tertiary/aromatic N) is 3. The lowest BCUT2D eigenvalue weighted by Gasteiger charge is -2.17. The van der Waals surface area contributed by atoms with E-state index in [1.54, 1.807) is 11.3 Å². The van der Waals surface area contributed by atoms with E-state index in [0.29, 0.717) is 11.8 Å². The Morgan fingerprint density at radius 3 is 2.80 bits per heavy atom. The number of aromatic nitrogens is 2. The lowest BCUT2D eigenvalue weighted by Crippen LogP contribution is -2.20. The molecule has 0 fully saturated rings. The largest absolute Gasteiger partial charge is 0.477 e. The summed E-state index contributed by atoms with van der Waals surface area (Å²) in [6, 6.07) is 3.90. The van der Waals surface area contributed by atoms with Gasteiger partial charge in [-0.1, -0.05) is 24.7 Å². The summed E-state index contributed by atoms with van der Waals surface area (Å²) in [4.78, 5) is 12.1. The number of pyridine rings is 1. The summed E-state index contributed by atoms with van der Waals surface area (Å²) < 4.78 is 5.86. The Morgan fingerprint density at radius 2 is 2.10 bits per heavy atom. The fourth-order valence-electron chi connectivity index (χ4n) is 2.04. The fourth-order valence-corrected chi connectivity index (χ4v) is 2.82. The van der Waals surface area contributed by atoms with Crippen molar-refractivity contribution >= 4 is 21.7 Å². The molecular weight excluding hydrogens is 270 g/mol. The third-order valence-corrected chi connectivity index (χ3v) is 4.25. The van der Waals surface area contributed by atoms with Gasteiger partial charge in [-0.3, -0.25) is 0 Å². The molecule has 0 aliphatic carbocycles. The van der Waals surface area contributed by atoms with E-state index in [4.69, 9.17) is 4.74 Å². The first-order chi connectivity index (χ1) is 9.58. The molecule has 5 heteroatoms. The Kier molecular flexibility index (Phi) is 5.31. The second-order valence-electron chi connectivity index (χ2n) is 5.38. The summed E-state index contributed by atoms with van der Waals surface area (Å²) in [7, 11) is 4.21. The number of rotatable bonds is 7. The third kappa shape index (κ3) is 4.15. The molecule has 2 heterocycles. The highest BCUT2D eigenvalue weighted by Crippen LogP contribution is 2.22. The van der Waals surface area contributed by atoms with Gasteiger partial charge in [0.1, 0.15) is 10.3 Å². The fraction of sp³-hybridized carbons (Fsp3) is 0.600. The van der Waals surface area contributed by atoms with Gasteiger partial charge in [0, 0.05) is 6.07 Å². The van der Waals surface area contributed by atoms with Crippen molar-refractivity contribution in [3.63, 3.8) is 0 Å². The first kappa shape index (κ1) is 15.2. The van der Waals surface area contributed by atoms with Crippen molar-refractivity contribution in [2.24, 2.45) is 5.92 Å². The number of aryl methyl sites for hydroxylation is 1. The number of ether oxygens (including phenoxy) is 1. The van der Waals surface area contributed by atoms with Crippen LogP contribution < -0.4 is 4.74 Å². The maximum absolute atomic E-state index is 5.86. The molecule has 2 aromatic rings.